The van der Waals surface area contributed by atoms with Gasteiger partial charge in [0, 0.05) is 44.1 Å². The van der Waals surface area contributed by atoms with Gasteiger partial charge in [-0.1, -0.05) is 0 Å². The fourth-order valence-electron chi connectivity index (χ4n) is 3.94. The second-order valence-electron chi connectivity index (χ2n) is 7.13. The Hall–Kier alpha value is -0.490. The number of likely N-dealkylation sites (tertiary alicyclic amines) is 1. The van der Waals surface area contributed by atoms with Crippen LogP contribution in [0.25, 0.3) is 0 Å². The summed E-state index contributed by atoms with van der Waals surface area (Å²) >= 11 is 1.76. The van der Waals surface area contributed by atoms with Crippen molar-refractivity contribution in [2.45, 2.75) is 51.3 Å². The number of aryl methyl sites for hydroxylation is 1. The van der Waals surface area contributed by atoms with E-state index in [0.29, 0.717) is 12.1 Å². The number of nitrogens with zero attached hydrogens (tertiary/aromatic N) is 3. The molecule has 22 heavy (non-hydrogen) atoms. The van der Waals surface area contributed by atoms with Gasteiger partial charge in [0.1, 0.15) is 0 Å². The number of hydrogen-bond donors (Lipinski definition) is 0. The Balaban J connectivity index is 1.37. The first-order valence-corrected chi connectivity index (χ1v) is 9.65. The Morgan fingerprint density at radius 3 is 2.86 bits per heavy atom. The average Bonchev–Trinajstić information content (AvgIpc) is 3.26. The molecule has 1 aromatic heterocycles. The Morgan fingerprint density at radius 2 is 2.09 bits per heavy atom. The van der Waals surface area contributed by atoms with Crippen LogP contribution in [0.5, 0.6) is 0 Å². The summed E-state index contributed by atoms with van der Waals surface area (Å²) in [6.07, 6.45) is 5.78. The van der Waals surface area contributed by atoms with Crippen LogP contribution in [-0.2, 0) is 11.3 Å². The summed E-state index contributed by atoms with van der Waals surface area (Å²) in [6, 6.07) is 0.650. The van der Waals surface area contributed by atoms with E-state index in [4.69, 9.17) is 4.74 Å². The molecule has 4 nitrogen and oxygen atoms in total. The molecule has 1 aliphatic carbocycles. The third-order valence-electron chi connectivity index (χ3n) is 5.32. The summed E-state index contributed by atoms with van der Waals surface area (Å²) in [5, 5.41) is 3.39. The second kappa shape index (κ2) is 6.56. The molecular formula is C17H27N3OS. The van der Waals surface area contributed by atoms with Gasteiger partial charge in [0.2, 0.25) is 0 Å². The third kappa shape index (κ3) is 3.53. The highest BCUT2D eigenvalue weighted by molar-refractivity contribution is 7.09. The molecule has 4 rings (SSSR count). The molecular weight excluding hydrogens is 294 g/mol. The fraction of sp³-hybridized carbons (Fsp3) is 0.824. The first-order valence-electron chi connectivity index (χ1n) is 8.77. The maximum absolute atomic E-state index is 6.11. The van der Waals surface area contributed by atoms with E-state index >= 15 is 0 Å². The lowest BCUT2D eigenvalue weighted by Gasteiger charge is -2.40. The Kier molecular flexibility index (Phi) is 4.49. The maximum atomic E-state index is 6.11. The van der Waals surface area contributed by atoms with E-state index in [0.717, 1.165) is 32.2 Å². The molecule has 3 fully saturated rings. The molecule has 3 heterocycles. The summed E-state index contributed by atoms with van der Waals surface area (Å²) < 4.78 is 6.11. The van der Waals surface area contributed by atoms with Crippen molar-refractivity contribution in [2.24, 2.45) is 5.92 Å². The van der Waals surface area contributed by atoms with Crippen LogP contribution in [0.4, 0.5) is 0 Å². The van der Waals surface area contributed by atoms with E-state index in [1.165, 1.54) is 49.5 Å². The molecule has 2 saturated heterocycles. The molecule has 122 valence electrons. The van der Waals surface area contributed by atoms with Crippen molar-refractivity contribution in [1.82, 2.24) is 14.8 Å². The largest absolute Gasteiger partial charge is 0.375 e. The first kappa shape index (κ1) is 15.1. The van der Waals surface area contributed by atoms with Gasteiger partial charge in [0.05, 0.1) is 23.4 Å². The van der Waals surface area contributed by atoms with Gasteiger partial charge in [-0.3, -0.25) is 9.80 Å². The van der Waals surface area contributed by atoms with Crippen molar-refractivity contribution >= 4 is 11.3 Å². The van der Waals surface area contributed by atoms with E-state index in [1.807, 2.05) is 0 Å². The minimum atomic E-state index is 0.453. The Bertz CT molecular complexity index is 502. The molecule has 2 atom stereocenters. The number of ether oxygens (including phenoxy) is 1. The molecule has 1 aromatic rings. The number of fused-ring (bicyclic) bond motifs is 1. The molecule has 0 bridgehead atoms. The number of rotatable bonds is 4. The van der Waals surface area contributed by atoms with Crippen LogP contribution in [-0.4, -0.2) is 59.7 Å². The van der Waals surface area contributed by atoms with Gasteiger partial charge in [-0.05, 0) is 38.5 Å². The molecule has 0 aromatic carbocycles. The molecule has 0 radical (unpaired) electrons. The smallest absolute Gasteiger partial charge is 0.0897 e. The van der Waals surface area contributed by atoms with Crippen LogP contribution >= 0.6 is 11.3 Å². The lowest BCUT2D eigenvalue weighted by Crippen LogP contribution is -2.51. The van der Waals surface area contributed by atoms with E-state index in [-0.39, 0.29) is 0 Å². The number of hydrogen-bond acceptors (Lipinski definition) is 5. The summed E-state index contributed by atoms with van der Waals surface area (Å²) in [6.45, 7) is 8.82. The van der Waals surface area contributed by atoms with Gasteiger partial charge in [-0.15, -0.1) is 11.3 Å². The number of aromatic nitrogens is 1. The summed E-state index contributed by atoms with van der Waals surface area (Å²) in [4.78, 5) is 9.94. The van der Waals surface area contributed by atoms with Crippen LogP contribution in [0.2, 0.25) is 0 Å². The molecule has 0 spiro atoms. The van der Waals surface area contributed by atoms with Gasteiger partial charge in [0.15, 0.2) is 0 Å². The highest BCUT2D eigenvalue weighted by Crippen LogP contribution is 2.33. The highest BCUT2D eigenvalue weighted by atomic mass is 32.1. The van der Waals surface area contributed by atoms with Crippen molar-refractivity contribution in [1.29, 1.82) is 0 Å². The fourth-order valence-corrected chi connectivity index (χ4v) is 4.54. The Morgan fingerprint density at radius 1 is 1.23 bits per heavy atom. The molecule has 0 amide bonds. The molecule has 2 unspecified atom stereocenters. The molecule has 5 heteroatoms. The van der Waals surface area contributed by atoms with E-state index in [1.54, 1.807) is 11.3 Å². The average molecular weight is 321 g/mol. The lowest BCUT2D eigenvalue weighted by molar-refractivity contribution is -0.0727. The quantitative estimate of drug-likeness (QED) is 0.852. The lowest BCUT2D eigenvalue weighted by atomic mass is 10.0. The van der Waals surface area contributed by atoms with Crippen LogP contribution in [0, 0.1) is 12.8 Å². The van der Waals surface area contributed by atoms with Crippen LogP contribution in [0.3, 0.4) is 0 Å². The summed E-state index contributed by atoms with van der Waals surface area (Å²) in [7, 11) is 0. The topological polar surface area (TPSA) is 28.6 Å². The van der Waals surface area contributed by atoms with Gasteiger partial charge < -0.3 is 4.74 Å². The zero-order chi connectivity index (χ0) is 14.9. The normalized spacial score (nSPS) is 31.0. The molecule has 1 saturated carbocycles. The third-order valence-corrected chi connectivity index (χ3v) is 6.14. The standard InChI is InChI=1S/C17H27N3OS/c1-13-18-15(12-22-13)11-19-6-4-16-17(5-7-19)21-9-8-20(16)10-14-2-3-14/h12,14,16-17H,2-11H2,1H3. The molecule has 3 aliphatic rings. The van der Waals surface area contributed by atoms with Crippen LogP contribution in [0.1, 0.15) is 36.4 Å². The zero-order valence-electron chi connectivity index (χ0n) is 13.5. The molecule has 0 N–H and O–H groups in total. The number of thiazole rings is 1. The predicted octanol–water partition coefficient (Wildman–Crippen LogP) is 2.53. The first-order chi connectivity index (χ1) is 10.8. The van der Waals surface area contributed by atoms with E-state index < -0.39 is 0 Å². The minimum Gasteiger partial charge on any atom is -0.375 e. The van der Waals surface area contributed by atoms with Gasteiger partial charge >= 0.3 is 0 Å². The zero-order valence-corrected chi connectivity index (χ0v) is 14.4. The van der Waals surface area contributed by atoms with Crippen LogP contribution < -0.4 is 0 Å². The number of morpholine rings is 1. The van der Waals surface area contributed by atoms with Gasteiger partial charge in [0.25, 0.3) is 0 Å². The summed E-state index contributed by atoms with van der Waals surface area (Å²) in [5.41, 5.74) is 1.24. The van der Waals surface area contributed by atoms with Crippen molar-refractivity contribution in [2.75, 3.05) is 32.8 Å². The van der Waals surface area contributed by atoms with Gasteiger partial charge in [-0.2, -0.15) is 0 Å². The van der Waals surface area contributed by atoms with Crippen molar-refractivity contribution in [3.05, 3.63) is 16.1 Å². The van der Waals surface area contributed by atoms with Crippen molar-refractivity contribution in [3.63, 3.8) is 0 Å². The highest BCUT2D eigenvalue weighted by Gasteiger charge is 2.37. The van der Waals surface area contributed by atoms with E-state index in [9.17, 15) is 0 Å². The molecule has 2 aliphatic heterocycles. The van der Waals surface area contributed by atoms with Crippen molar-refractivity contribution in [3.8, 4) is 0 Å². The Labute approximate surface area is 137 Å². The van der Waals surface area contributed by atoms with E-state index in [2.05, 4.69) is 27.1 Å². The maximum Gasteiger partial charge on any atom is 0.0897 e. The minimum absolute atomic E-state index is 0.453. The predicted molar refractivity (Wildman–Crippen MR) is 89.2 cm³/mol. The summed E-state index contributed by atoms with van der Waals surface area (Å²) in [5.74, 6) is 0.982. The van der Waals surface area contributed by atoms with Gasteiger partial charge in [-0.25, -0.2) is 4.98 Å². The second-order valence-corrected chi connectivity index (χ2v) is 8.19. The monoisotopic (exact) mass is 321 g/mol. The van der Waals surface area contributed by atoms with Crippen LogP contribution in [0.15, 0.2) is 5.38 Å². The van der Waals surface area contributed by atoms with Crippen molar-refractivity contribution < 1.29 is 4.74 Å². The SMILES string of the molecule is Cc1nc(CN2CCC3OCCN(CC4CC4)C3CC2)cs1.